The van der Waals surface area contributed by atoms with E-state index in [9.17, 15) is 25.0 Å². The molecule has 0 aliphatic heterocycles. The molecule has 214 valence electrons. The van der Waals surface area contributed by atoms with Gasteiger partial charge in [0.25, 0.3) is 10.2 Å². The maximum atomic E-state index is 9.94. The molecule has 0 heterocycles. The molecule has 0 aromatic heterocycles. The van der Waals surface area contributed by atoms with Crippen molar-refractivity contribution in [3.05, 3.63) is 74.4 Å². The Morgan fingerprint density at radius 2 is 1.74 bits per heavy atom. The van der Waals surface area contributed by atoms with Gasteiger partial charge in [0.2, 0.25) is 6.41 Å². The topological polar surface area (TPSA) is 143 Å². The number of ether oxygens (including phenoxy) is 1. The number of allylic oxidation sites excluding steroid dienone is 3. The normalized spacial score (nSPS) is 12.8. The van der Waals surface area contributed by atoms with Crippen molar-refractivity contribution < 1.29 is 29.4 Å². The summed E-state index contributed by atoms with van der Waals surface area (Å²) in [7, 11) is 0. The van der Waals surface area contributed by atoms with Crippen LogP contribution in [0.2, 0.25) is 0 Å². The van der Waals surface area contributed by atoms with Crippen molar-refractivity contribution in [3.8, 4) is 5.75 Å². The Morgan fingerprint density at radius 3 is 2.26 bits per heavy atom. The third kappa shape index (κ3) is 21.6. The molecular weight excluding hydrogens is 494 g/mol. The second-order valence-electron chi connectivity index (χ2n) is 8.66. The maximum Gasteiger partial charge on any atom is 0.294 e. The molecule has 1 aromatic carbocycles. The van der Waals surface area contributed by atoms with Gasteiger partial charge in [-0.15, -0.1) is 20.2 Å². The summed E-state index contributed by atoms with van der Waals surface area (Å²) in [5, 5.41) is 19.4. The van der Waals surface area contributed by atoms with Crippen LogP contribution in [0.4, 0.5) is 0 Å². The van der Waals surface area contributed by atoms with Gasteiger partial charge in [0.15, 0.2) is 0 Å². The molecule has 1 N–H and O–H groups in total. The Labute approximate surface area is 225 Å². The fourth-order valence-electron chi connectivity index (χ4n) is 3.42. The third-order valence-corrected chi connectivity index (χ3v) is 5.38. The number of nitrogens with one attached hydrogen (secondary N) is 1. The summed E-state index contributed by atoms with van der Waals surface area (Å²) < 4.78 is 5.70. The minimum Gasteiger partial charge on any atom is -0.493 e. The van der Waals surface area contributed by atoms with E-state index in [0.29, 0.717) is 0 Å². The number of hydrogen-bond donors (Lipinski definition) is 1. The van der Waals surface area contributed by atoms with E-state index in [-0.39, 0.29) is 6.41 Å². The summed E-state index contributed by atoms with van der Waals surface area (Å²) in [5.41, 5.74) is 1.25. The van der Waals surface area contributed by atoms with Gasteiger partial charge in [-0.25, -0.2) is 0 Å². The Morgan fingerprint density at radius 1 is 1.08 bits per heavy atom. The predicted octanol–water partition coefficient (Wildman–Crippen LogP) is 5.78. The lowest BCUT2D eigenvalue weighted by atomic mass is 10.1. The Kier molecular flexibility index (Phi) is 21.5. The highest BCUT2D eigenvalue weighted by Crippen LogP contribution is 2.25. The summed E-state index contributed by atoms with van der Waals surface area (Å²) in [6.45, 7) is 6.12. The van der Waals surface area contributed by atoms with Crippen molar-refractivity contribution in [2.75, 3.05) is 19.8 Å². The number of nitrogens with zero attached hydrogens (tertiary/aromatic N) is 2. The SMILES string of the molecule is C/C=C\CCCC.Cc1cccc(OCC/C=C/C2CCCC2)c1.O=CNC(CO[N+](=O)[O-])CO[N+](=O)[O-]. The van der Waals surface area contributed by atoms with E-state index in [1.54, 1.807) is 0 Å². The fourth-order valence-corrected chi connectivity index (χ4v) is 3.42. The quantitative estimate of drug-likeness (QED) is 0.0919. The zero-order chi connectivity index (χ0) is 28.4. The predicted molar refractivity (Wildman–Crippen MR) is 146 cm³/mol. The molecule has 0 atom stereocenters. The third-order valence-electron chi connectivity index (χ3n) is 5.38. The van der Waals surface area contributed by atoms with Gasteiger partial charge in [-0.3, -0.25) is 4.79 Å². The van der Waals surface area contributed by atoms with Crippen LogP contribution < -0.4 is 10.1 Å². The van der Waals surface area contributed by atoms with Crippen molar-refractivity contribution in [2.24, 2.45) is 5.92 Å². The lowest BCUT2D eigenvalue weighted by Crippen LogP contribution is -2.38. The number of unbranched alkanes of at least 4 members (excludes halogenated alkanes) is 2. The molecule has 1 fully saturated rings. The molecule has 2 rings (SSSR count). The molecule has 1 aromatic rings. The average molecular weight is 538 g/mol. The number of amides is 1. The van der Waals surface area contributed by atoms with Crippen LogP contribution in [-0.2, 0) is 14.5 Å². The van der Waals surface area contributed by atoms with Crippen LogP contribution >= 0.6 is 0 Å². The van der Waals surface area contributed by atoms with Crippen LogP contribution in [0.15, 0.2) is 48.6 Å². The maximum absolute atomic E-state index is 9.94. The van der Waals surface area contributed by atoms with Crippen LogP contribution in [0, 0.1) is 33.1 Å². The van der Waals surface area contributed by atoms with Crippen molar-refractivity contribution in [3.63, 3.8) is 0 Å². The minimum atomic E-state index is -1.08. The van der Waals surface area contributed by atoms with Gasteiger partial charge in [0.1, 0.15) is 19.0 Å². The van der Waals surface area contributed by atoms with Gasteiger partial charge < -0.3 is 19.7 Å². The first-order valence-electron chi connectivity index (χ1n) is 13.0. The zero-order valence-corrected chi connectivity index (χ0v) is 22.8. The molecule has 0 saturated heterocycles. The van der Waals surface area contributed by atoms with E-state index in [4.69, 9.17) is 4.74 Å². The second kappa shape index (κ2) is 23.7. The lowest BCUT2D eigenvalue weighted by Gasteiger charge is -2.12. The van der Waals surface area contributed by atoms with Crippen molar-refractivity contribution in [1.82, 2.24) is 5.32 Å². The molecule has 0 radical (unpaired) electrons. The zero-order valence-electron chi connectivity index (χ0n) is 22.8. The van der Waals surface area contributed by atoms with Gasteiger partial charge in [0, 0.05) is 0 Å². The molecule has 0 bridgehead atoms. The van der Waals surface area contributed by atoms with Gasteiger partial charge in [-0.2, -0.15) is 0 Å². The first kappa shape index (κ1) is 34.4. The van der Waals surface area contributed by atoms with Crippen LogP contribution in [-0.4, -0.2) is 42.4 Å². The summed E-state index contributed by atoms with van der Waals surface area (Å²) >= 11 is 0. The van der Waals surface area contributed by atoms with E-state index >= 15 is 0 Å². The summed E-state index contributed by atoms with van der Waals surface area (Å²) in [6.07, 6.45) is 19.7. The van der Waals surface area contributed by atoms with Gasteiger partial charge in [-0.1, -0.05) is 69.0 Å². The van der Waals surface area contributed by atoms with E-state index in [1.807, 2.05) is 12.1 Å². The van der Waals surface area contributed by atoms with E-state index in [1.165, 1.54) is 50.5 Å². The highest BCUT2D eigenvalue weighted by atomic mass is 17.0. The summed E-state index contributed by atoms with van der Waals surface area (Å²) in [5.74, 6) is 1.83. The molecule has 1 saturated carbocycles. The van der Waals surface area contributed by atoms with Crippen molar-refractivity contribution in [2.45, 2.75) is 78.2 Å². The minimum absolute atomic E-state index is 0.233. The standard InChI is InChI=1S/C16H22O.C7H14.C4H7N3O7/c1-14-7-6-11-16(13-14)17-12-5-4-10-15-8-2-3-9-15;1-3-5-7-6-4-2;8-3-5-4(1-13-6(9)10)2-14-7(11)12/h4,6-7,10-11,13,15H,2-3,5,8-9,12H2,1H3;3,5H,4,6-7H2,1-2H3;3-4H,1-2H2,(H,5,8)/b10-4+;5-3-;. The van der Waals surface area contributed by atoms with Crippen molar-refractivity contribution >= 4 is 6.41 Å². The molecule has 38 heavy (non-hydrogen) atoms. The number of hydrogen-bond acceptors (Lipinski definition) is 8. The van der Waals surface area contributed by atoms with E-state index in [0.717, 1.165) is 24.7 Å². The molecule has 1 amide bonds. The van der Waals surface area contributed by atoms with Gasteiger partial charge in [-0.05, 0) is 63.1 Å². The Balaban J connectivity index is 0.000000589. The number of benzene rings is 1. The molecule has 1 aliphatic rings. The molecule has 0 unspecified atom stereocenters. The molecule has 1 aliphatic carbocycles. The van der Waals surface area contributed by atoms with E-state index in [2.05, 4.69) is 72.2 Å². The van der Waals surface area contributed by atoms with Gasteiger partial charge >= 0.3 is 0 Å². The first-order chi connectivity index (χ1) is 18.3. The monoisotopic (exact) mass is 537 g/mol. The lowest BCUT2D eigenvalue weighted by molar-refractivity contribution is -0.766. The summed E-state index contributed by atoms with van der Waals surface area (Å²) in [6, 6.07) is 7.29. The molecule has 11 nitrogen and oxygen atoms in total. The number of rotatable bonds is 16. The second-order valence-corrected chi connectivity index (χ2v) is 8.66. The van der Waals surface area contributed by atoms with Crippen LogP contribution in [0.5, 0.6) is 5.75 Å². The highest BCUT2D eigenvalue weighted by Gasteiger charge is 2.12. The van der Waals surface area contributed by atoms with Crippen LogP contribution in [0.25, 0.3) is 0 Å². The van der Waals surface area contributed by atoms with Crippen LogP contribution in [0.1, 0.15) is 70.8 Å². The summed E-state index contributed by atoms with van der Waals surface area (Å²) in [4.78, 5) is 37.2. The van der Waals surface area contributed by atoms with Crippen molar-refractivity contribution in [1.29, 1.82) is 0 Å². The fraction of sp³-hybridized carbons (Fsp3) is 0.593. The largest absolute Gasteiger partial charge is 0.493 e. The van der Waals surface area contributed by atoms with Gasteiger partial charge in [0.05, 0.1) is 12.6 Å². The molecule has 11 heteroatoms. The van der Waals surface area contributed by atoms with Crippen LogP contribution in [0.3, 0.4) is 0 Å². The van der Waals surface area contributed by atoms with E-state index < -0.39 is 29.4 Å². The first-order valence-corrected chi connectivity index (χ1v) is 13.0. The Hall–Kier alpha value is -3.63. The molecular formula is C27H43N3O8. The smallest absolute Gasteiger partial charge is 0.294 e. The molecule has 0 spiro atoms. The number of aryl methyl sites for hydroxylation is 1. The number of carbonyl (C=O) groups is 1. The number of carbonyl (C=O) groups excluding carboxylic acids is 1. The highest BCUT2D eigenvalue weighted by molar-refractivity contribution is 5.46. The Bertz CT molecular complexity index is 808. The average Bonchev–Trinajstić information content (AvgIpc) is 3.40.